The van der Waals surface area contributed by atoms with Crippen LogP contribution in [0, 0.1) is 0 Å². The predicted molar refractivity (Wildman–Crippen MR) is 107 cm³/mol. The van der Waals surface area contributed by atoms with E-state index in [1.54, 1.807) is 11.8 Å². The molecule has 3 aromatic rings. The molecule has 0 fully saturated rings. The Balaban J connectivity index is 1.69. The van der Waals surface area contributed by atoms with Gasteiger partial charge >= 0.3 is 0 Å². The number of benzene rings is 3. The molecule has 0 atom stereocenters. The van der Waals surface area contributed by atoms with Gasteiger partial charge in [0.15, 0.2) is 0 Å². The van der Waals surface area contributed by atoms with Crippen molar-refractivity contribution in [2.24, 2.45) is 4.99 Å². The van der Waals surface area contributed by atoms with Gasteiger partial charge in [-0.05, 0) is 61.0 Å². The van der Waals surface area contributed by atoms with Crippen molar-refractivity contribution in [3.63, 3.8) is 0 Å². The van der Waals surface area contributed by atoms with E-state index < -0.39 is 0 Å². The average Bonchev–Trinajstić information content (AvgIpc) is 2.64. The Hall–Kier alpha value is -2.23. The Kier molecular flexibility index (Phi) is 6.15. The third kappa shape index (κ3) is 5.12. The smallest absolute Gasteiger partial charge is 0.144 e. The van der Waals surface area contributed by atoms with E-state index in [1.165, 1.54) is 4.90 Å². The molecule has 0 bridgehead atoms. The van der Waals surface area contributed by atoms with Crippen molar-refractivity contribution >= 4 is 35.3 Å². The van der Waals surface area contributed by atoms with E-state index in [-0.39, 0.29) is 0 Å². The molecule has 0 N–H and O–H groups in total. The van der Waals surface area contributed by atoms with Gasteiger partial charge in [-0.15, -0.1) is 0 Å². The number of nitrogens with zero attached hydrogens (tertiary/aromatic N) is 1. The summed E-state index contributed by atoms with van der Waals surface area (Å²) in [4.78, 5) is 6.89. The monoisotopic (exact) mass is 367 g/mol. The first-order valence-corrected chi connectivity index (χ1v) is 9.23. The van der Waals surface area contributed by atoms with E-state index in [0.717, 1.165) is 26.9 Å². The highest BCUT2D eigenvalue weighted by Gasteiger charge is 2.00. The molecule has 3 aromatic carbocycles. The SMILES string of the molecule is CCOc1ccccc1N=Cc1ccc(Sc2ccc(Cl)cc2)cc1. The van der Waals surface area contributed by atoms with Crippen LogP contribution in [-0.2, 0) is 0 Å². The summed E-state index contributed by atoms with van der Waals surface area (Å²) in [6, 6.07) is 23.9. The van der Waals surface area contributed by atoms with Crippen molar-refractivity contribution < 1.29 is 4.74 Å². The van der Waals surface area contributed by atoms with E-state index in [4.69, 9.17) is 16.3 Å². The first kappa shape index (κ1) is 17.6. The molecule has 0 aliphatic carbocycles. The minimum atomic E-state index is 0.628. The first-order valence-electron chi connectivity index (χ1n) is 8.04. The highest BCUT2D eigenvalue weighted by Crippen LogP contribution is 2.29. The molecule has 0 heterocycles. The molecule has 0 aliphatic rings. The Morgan fingerprint density at radius 1 is 0.920 bits per heavy atom. The molecule has 3 rings (SSSR count). The summed E-state index contributed by atoms with van der Waals surface area (Å²) in [5, 5.41) is 0.753. The molecular weight excluding hydrogens is 350 g/mol. The fraction of sp³-hybridized carbons (Fsp3) is 0.0952. The number of aliphatic imine (C=N–C) groups is 1. The lowest BCUT2D eigenvalue weighted by Gasteiger charge is -2.05. The fourth-order valence-corrected chi connectivity index (χ4v) is 3.19. The van der Waals surface area contributed by atoms with Crippen LogP contribution in [0.1, 0.15) is 12.5 Å². The topological polar surface area (TPSA) is 21.6 Å². The average molecular weight is 368 g/mol. The van der Waals surface area contributed by atoms with Crippen LogP contribution in [-0.4, -0.2) is 12.8 Å². The molecule has 0 radical (unpaired) electrons. The van der Waals surface area contributed by atoms with Crippen LogP contribution in [0.2, 0.25) is 5.02 Å². The molecule has 4 heteroatoms. The van der Waals surface area contributed by atoms with Crippen LogP contribution in [0.5, 0.6) is 5.75 Å². The maximum absolute atomic E-state index is 5.92. The Labute approximate surface area is 157 Å². The van der Waals surface area contributed by atoms with Gasteiger partial charge < -0.3 is 4.74 Å². The van der Waals surface area contributed by atoms with Crippen molar-refractivity contribution in [1.82, 2.24) is 0 Å². The van der Waals surface area contributed by atoms with Gasteiger partial charge in [0, 0.05) is 21.0 Å². The zero-order valence-electron chi connectivity index (χ0n) is 13.9. The first-order chi connectivity index (χ1) is 12.2. The summed E-state index contributed by atoms with van der Waals surface area (Å²) in [7, 11) is 0. The van der Waals surface area contributed by atoms with Gasteiger partial charge in [-0.1, -0.05) is 47.6 Å². The molecule has 0 aromatic heterocycles. The lowest BCUT2D eigenvalue weighted by Crippen LogP contribution is -1.91. The standard InChI is InChI=1S/C21H18ClNOS/c1-2-24-21-6-4-3-5-20(21)23-15-16-7-11-18(12-8-16)25-19-13-9-17(22)10-14-19/h3-15H,2H2,1H3. The Bertz CT molecular complexity index is 845. The minimum absolute atomic E-state index is 0.628. The maximum Gasteiger partial charge on any atom is 0.144 e. The van der Waals surface area contributed by atoms with Gasteiger partial charge in [0.2, 0.25) is 0 Å². The van der Waals surface area contributed by atoms with Crippen molar-refractivity contribution in [3.8, 4) is 5.75 Å². The summed E-state index contributed by atoms with van der Waals surface area (Å²) >= 11 is 7.62. The number of hydrogen-bond acceptors (Lipinski definition) is 3. The molecule has 25 heavy (non-hydrogen) atoms. The second kappa shape index (κ2) is 8.75. The van der Waals surface area contributed by atoms with Crippen molar-refractivity contribution in [2.75, 3.05) is 6.61 Å². The maximum atomic E-state index is 5.92. The van der Waals surface area contributed by atoms with Crippen molar-refractivity contribution in [3.05, 3.63) is 83.4 Å². The number of rotatable bonds is 6. The third-order valence-electron chi connectivity index (χ3n) is 3.45. The number of para-hydroxylation sites is 2. The lowest BCUT2D eigenvalue weighted by molar-refractivity contribution is 0.341. The largest absolute Gasteiger partial charge is 0.492 e. The lowest BCUT2D eigenvalue weighted by atomic mass is 10.2. The van der Waals surface area contributed by atoms with Crippen LogP contribution in [0.4, 0.5) is 5.69 Å². The van der Waals surface area contributed by atoms with Crippen LogP contribution < -0.4 is 4.74 Å². The highest BCUT2D eigenvalue weighted by molar-refractivity contribution is 7.99. The van der Waals surface area contributed by atoms with Crippen molar-refractivity contribution in [2.45, 2.75) is 16.7 Å². The molecular formula is C21H18ClNOS. The summed E-state index contributed by atoms with van der Waals surface area (Å²) < 4.78 is 5.59. The van der Waals surface area contributed by atoms with Gasteiger partial charge in [0.25, 0.3) is 0 Å². The van der Waals surface area contributed by atoms with Gasteiger partial charge in [-0.2, -0.15) is 0 Å². The van der Waals surface area contributed by atoms with Crippen LogP contribution in [0.25, 0.3) is 0 Å². The molecule has 126 valence electrons. The van der Waals surface area contributed by atoms with E-state index >= 15 is 0 Å². The molecule has 0 saturated carbocycles. The Morgan fingerprint density at radius 3 is 2.24 bits per heavy atom. The summed E-state index contributed by atoms with van der Waals surface area (Å²) in [6.45, 7) is 2.60. The van der Waals surface area contributed by atoms with E-state index in [2.05, 4.69) is 29.3 Å². The summed E-state index contributed by atoms with van der Waals surface area (Å²) in [6.07, 6.45) is 1.86. The molecule has 0 amide bonds. The number of ether oxygens (including phenoxy) is 1. The van der Waals surface area contributed by atoms with Gasteiger partial charge in [0.1, 0.15) is 11.4 Å². The number of halogens is 1. The third-order valence-corrected chi connectivity index (χ3v) is 4.71. The quantitative estimate of drug-likeness (QED) is 0.455. The van der Waals surface area contributed by atoms with Gasteiger partial charge in [0.05, 0.1) is 6.61 Å². The highest BCUT2D eigenvalue weighted by atomic mass is 35.5. The molecule has 0 unspecified atom stereocenters. The molecule has 0 aliphatic heterocycles. The fourth-order valence-electron chi connectivity index (χ4n) is 2.25. The minimum Gasteiger partial charge on any atom is -0.492 e. The van der Waals surface area contributed by atoms with Crippen LogP contribution in [0.15, 0.2) is 87.6 Å². The molecule has 2 nitrogen and oxygen atoms in total. The summed E-state index contributed by atoms with van der Waals surface area (Å²) in [5.74, 6) is 0.802. The van der Waals surface area contributed by atoms with Gasteiger partial charge in [-0.25, -0.2) is 0 Å². The van der Waals surface area contributed by atoms with Crippen LogP contribution >= 0.6 is 23.4 Å². The second-order valence-corrected chi connectivity index (χ2v) is 6.87. The number of hydrogen-bond donors (Lipinski definition) is 0. The van der Waals surface area contributed by atoms with Gasteiger partial charge in [-0.3, -0.25) is 4.99 Å². The zero-order chi connectivity index (χ0) is 17.5. The molecule has 0 spiro atoms. The van der Waals surface area contributed by atoms with Crippen LogP contribution in [0.3, 0.4) is 0 Å². The Morgan fingerprint density at radius 2 is 1.56 bits per heavy atom. The second-order valence-electron chi connectivity index (χ2n) is 5.28. The van der Waals surface area contributed by atoms with E-state index in [9.17, 15) is 0 Å². The zero-order valence-corrected chi connectivity index (χ0v) is 15.4. The predicted octanol–water partition coefficient (Wildman–Crippen LogP) is 6.64. The van der Waals surface area contributed by atoms with Crippen molar-refractivity contribution in [1.29, 1.82) is 0 Å². The summed E-state index contributed by atoms with van der Waals surface area (Å²) in [5.41, 5.74) is 1.88. The normalized spacial score (nSPS) is 11.0. The van der Waals surface area contributed by atoms with E-state index in [0.29, 0.717) is 6.61 Å². The molecule has 0 saturated heterocycles. The van der Waals surface area contributed by atoms with E-state index in [1.807, 2.05) is 61.7 Å².